The van der Waals surface area contributed by atoms with E-state index in [1.807, 2.05) is 0 Å². The Labute approximate surface area is 50.6 Å². The standard InChI is InChI=1S/C5H5.CH3.Al.H/c1-2-4-5-3-1;;;/h1-3H,4H2;1H3;;. The number of rotatable bonds is 1. The molecule has 0 saturated carbocycles. The van der Waals surface area contributed by atoms with Crippen LogP contribution in [0.3, 0.4) is 0 Å². The second-order valence-electron chi connectivity index (χ2n) is 1.81. The minimum absolute atomic E-state index is 0.189. The summed E-state index contributed by atoms with van der Waals surface area (Å²) >= 11 is 0.189. The molecule has 0 N–H and O–H groups in total. The lowest BCUT2D eigenvalue weighted by atomic mass is 10.5. The van der Waals surface area contributed by atoms with Gasteiger partial charge in [-0.1, -0.05) is 18.2 Å². The third kappa shape index (κ3) is 1.19. The molecule has 0 aromatic rings. The van der Waals surface area contributed by atoms with Crippen molar-refractivity contribution in [3.63, 3.8) is 0 Å². The summed E-state index contributed by atoms with van der Waals surface area (Å²) in [5.74, 6) is 2.33. The molecule has 0 fully saturated rings. The molecule has 0 bridgehead atoms. The van der Waals surface area contributed by atoms with Crippen molar-refractivity contribution in [1.29, 1.82) is 0 Å². The van der Waals surface area contributed by atoms with Gasteiger partial charge in [0.1, 0.15) is 0 Å². The molecule has 1 rings (SSSR count). The van der Waals surface area contributed by atoms with Crippen LogP contribution in [-0.2, 0) is 0 Å². The summed E-state index contributed by atoms with van der Waals surface area (Å²) in [4.78, 5) is 0. The van der Waals surface area contributed by atoms with Crippen molar-refractivity contribution in [3.05, 3.63) is 22.7 Å². The molecule has 0 amide bonds. The molecule has 0 heterocycles. The van der Waals surface area contributed by atoms with E-state index in [2.05, 4.69) is 24.0 Å². The molecular weight excluding hydrogens is 99.0 g/mol. The predicted molar refractivity (Wildman–Crippen MR) is 34.9 cm³/mol. The first-order chi connectivity index (χ1) is 3.43. The van der Waals surface area contributed by atoms with Crippen LogP contribution < -0.4 is 0 Å². The van der Waals surface area contributed by atoms with Crippen molar-refractivity contribution in [3.8, 4) is 0 Å². The van der Waals surface area contributed by atoms with Crippen molar-refractivity contribution in [2.45, 2.75) is 12.2 Å². The largest absolute Gasteiger partial charge is 0.272 e. The van der Waals surface area contributed by atoms with Gasteiger partial charge in [0.25, 0.3) is 15.2 Å². The fourth-order valence-electron chi connectivity index (χ4n) is 0.754. The van der Waals surface area contributed by atoms with Gasteiger partial charge in [0.15, 0.2) is 0 Å². The minimum atomic E-state index is 0.189. The van der Waals surface area contributed by atoms with Crippen molar-refractivity contribution in [2.24, 2.45) is 0 Å². The first-order valence-electron chi connectivity index (χ1n) is 2.78. The fourth-order valence-corrected chi connectivity index (χ4v) is 1.58. The molecule has 1 aliphatic rings. The molecule has 0 atom stereocenters. The van der Waals surface area contributed by atoms with Crippen LogP contribution in [0.5, 0.6) is 0 Å². The maximum Gasteiger partial charge on any atom is 0.272 e. The van der Waals surface area contributed by atoms with Gasteiger partial charge in [-0.25, -0.2) is 0 Å². The van der Waals surface area contributed by atoms with Gasteiger partial charge in [0, 0.05) is 0 Å². The highest BCUT2D eigenvalue weighted by atomic mass is 27.1. The molecule has 7 heavy (non-hydrogen) atoms. The van der Waals surface area contributed by atoms with Gasteiger partial charge in [0.05, 0.1) is 0 Å². The highest BCUT2D eigenvalue weighted by molar-refractivity contribution is 6.43. The average Bonchev–Trinajstić information content (AvgIpc) is 2.14. The Bertz CT molecular complexity index is 111. The summed E-state index contributed by atoms with van der Waals surface area (Å²) < 4.78 is 1.69. The highest BCUT2D eigenvalue weighted by Crippen LogP contribution is 2.06. The second-order valence-corrected chi connectivity index (χ2v) is 3.43. The van der Waals surface area contributed by atoms with Crippen LogP contribution in [-0.4, -0.2) is 15.2 Å². The predicted octanol–water partition coefficient (Wildman–Crippen LogP) is 1.31. The highest BCUT2D eigenvalue weighted by Gasteiger charge is 1.94. The van der Waals surface area contributed by atoms with E-state index in [9.17, 15) is 0 Å². The lowest BCUT2D eigenvalue weighted by molar-refractivity contribution is 1.40. The average molecular weight is 108 g/mol. The Balaban J connectivity index is 2.45. The van der Waals surface area contributed by atoms with Gasteiger partial charge in [-0.05, 0) is 6.42 Å². The molecule has 1 aliphatic carbocycles. The molecule has 0 aromatic heterocycles. The monoisotopic (exact) mass is 108 g/mol. The maximum absolute atomic E-state index is 2.33. The molecule has 0 spiro atoms. The maximum atomic E-state index is 2.33. The van der Waals surface area contributed by atoms with E-state index in [4.69, 9.17) is 0 Å². The van der Waals surface area contributed by atoms with Crippen LogP contribution >= 0.6 is 0 Å². The molecule has 0 unspecified atom stereocenters. The van der Waals surface area contributed by atoms with Gasteiger partial charge in [-0.2, -0.15) is 0 Å². The lowest BCUT2D eigenvalue weighted by Crippen LogP contribution is -1.83. The quantitative estimate of drug-likeness (QED) is 0.444. The van der Waals surface area contributed by atoms with Crippen LogP contribution in [0, 0.1) is 0 Å². The molecule has 0 saturated heterocycles. The topological polar surface area (TPSA) is 0 Å². The van der Waals surface area contributed by atoms with E-state index in [1.165, 1.54) is 6.42 Å². The van der Waals surface area contributed by atoms with Gasteiger partial charge in [0.2, 0.25) is 0 Å². The molecule has 0 nitrogen and oxygen atoms in total. The molecule has 0 aliphatic heterocycles. The van der Waals surface area contributed by atoms with Gasteiger partial charge < -0.3 is 0 Å². The van der Waals surface area contributed by atoms with Crippen LogP contribution in [0.25, 0.3) is 0 Å². The van der Waals surface area contributed by atoms with Crippen molar-refractivity contribution in [1.82, 2.24) is 0 Å². The summed E-state index contributed by atoms with van der Waals surface area (Å²) in [6, 6.07) is 0. The SMILES string of the molecule is [CH3][AlH][C]1=CC=CC1. The van der Waals surface area contributed by atoms with E-state index >= 15 is 0 Å². The zero-order valence-electron chi connectivity index (χ0n) is 4.65. The zero-order chi connectivity index (χ0) is 5.11. The molecule has 0 radical (unpaired) electrons. The Kier molecular flexibility index (Phi) is 1.73. The van der Waals surface area contributed by atoms with E-state index in [0.29, 0.717) is 0 Å². The summed E-state index contributed by atoms with van der Waals surface area (Å²) in [6.07, 6.45) is 7.90. The smallest absolute Gasteiger partial charge is 0.132 e. The summed E-state index contributed by atoms with van der Waals surface area (Å²) in [5, 5.41) is 0. The first kappa shape index (κ1) is 5.16. The molecule has 36 valence electrons. The fraction of sp³-hybridized carbons (Fsp3) is 0.333. The lowest BCUT2D eigenvalue weighted by Gasteiger charge is -1.85. The number of allylic oxidation sites excluding steroid dienone is 4. The Morgan fingerprint density at radius 3 is 2.86 bits per heavy atom. The van der Waals surface area contributed by atoms with E-state index < -0.39 is 0 Å². The normalized spacial score (nSPS) is 17.0. The molecule has 0 aromatic carbocycles. The third-order valence-electron chi connectivity index (χ3n) is 1.30. The third-order valence-corrected chi connectivity index (χ3v) is 2.73. The van der Waals surface area contributed by atoms with E-state index in [-0.39, 0.29) is 15.2 Å². The van der Waals surface area contributed by atoms with Crippen molar-refractivity contribution >= 4 is 15.2 Å². The summed E-state index contributed by atoms with van der Waals surface area (Å²) in [6.45, 7) is 0. The van der Waals surface area contributed by atoms with Gasteiger partial charge >= 0.3 is 0 Å². The second kappa shape index (κ2) is 2.35. The summed E-state index contributed by atoms with van der Waals surface area (Å²) in [5.41, 5.74) is 0. The molecular formula is C6H9Al. The van der Waals surface area contributed by atoms with Crippen LogP contribution in [0.2, 0.25) is 5.79 Å². The van der Waals surface area contributed by atoms with Crippen LogP contribution in [0.1, 0.15) is 6.42 Å². The number of hydrogen-bond acceptors (Lipinski definition) is 0. The number of hydrogen-bond donors (Lipinski definition) is 0. The van der Waals surface area contributed by atoms with Crippen molar-refractivity contribution < 1.29 is 0 Å². The van der Waals surface area contributed by atoms with Gasteiger partial charge in [-0.3, -0.25) is 0 Å². The minimum Gasteiger partial charge on any atom is -0.132 e. The van der Waals surface area contributed by atoms with E-state index in [1.54, 1.807) is 4.44 Å². The van der Waals surface area contributed by atoms with E-state index in [0.717, 1.165) is 0 Å². The van der Waals surface area contributed by atoms with Crippen LogP contribution in [0.15, 0.2) is 22.7 Å². The Morgan fingerprint density at radius 1 is 1.71 bits per heavy atom. The van der Waals surface area contributed by atoms with Crippen LogP contribution in [0.4, 0.5) is 0 Å². The Morgan fingerprint density at radius 2 is 2.57 bits per heavy atom. The zero-order valence-corrected chi connectivity index (χ0v) is 6.06. The van der Waals surface area contributed by atoms with Crippen molar-refractivity contribution in [2.75, 3.05) is 0 Å². The summed E-state index contributed by atoms with van der Waals surface area (Å²) in [7, 11) is 0. The Hall–Kier alpha value is 0.0125. The molecule has 1 heteroatoms. The first-order valence-corrected chi connectivity index (χ1v) is 4.90. The van der Waals surface area contributed by atoms with Gasteiger partial charge in [-0.15, -0.1) is 10.2 Å².